The highest BCUT2D eigenvalue weighted by Gasteiger charge is 2.35. The van der Waals surface area contributed by atoms with Crippen LogP contribution in [0.3, 0.4) is 0 Å². The van der Waals surface area contributed by atoms with Crippen LogP contribution in [-0.4, -0.2) is 26.3 Å². The van der Waals surface area contributed by atoms with Gasteiger partial charge in [-0.1, -0.05) is 26.0 Å². The molecule has 3 N–H and O–H groups in total. The predicted molar refractivity (Wildman–Crippen MR) is 162 cm³/mol. The zero-order chi connectivity index (χ0) is 27.7. The molecule has 3 aromatic carbocycles. The number of hydrogen-bond donors (Lipinski definition) is 3. The van der Waals surface area contributed by atoms with E-state index in [1.165, 1.54) is 11.1 Å². The molecule has 0 bridgehead atoms. The number of nitrogens with one attached hydrogen (secondary N) is 3. The topological polar surface area (TPSA) is 93.0 Å². The van der Waals surface area contributed by atoms with Gasteiger partial charge in [0.05, 0.1) is 22.5 Å². The maximum Gasteiger partial charge on any atom is 0.323 e. The molecule has 3 amide bonds. The molecule has 2 aliphatic rings. The molecule has 2 aromatic heterocycles. The molecule has 1 aliphatic carbocycles. The summed E-state index contributed by atoms with van der Waals surface area (Å²) in [6.07, 6.45) is 3.71. The Bertz CT molecular complexity index is 1880. The number of para-hydroxylation sites is 1. The minimum atomic E-state index is -0.319. The summed E-state index contributed by atoms with van der Waals surface area (Å²) in [6.45, 7) is 5.78. The molecule has 0 saturated heterocycles. The highest BCUT2D eigenvalue weighted by atomic mass is 79.9. The lowest BCUT2D eigenvalue weighted by molar-refractivity contribution is 0.0966. The van der Waals surface area contributed by atoms with Crippen LogP contribution in [0, 0.1) is 5.92 Å². The average molecular weight is 598 g/mol. The number of aromatic nitrogens is 3. The first-order valence-electron chi connectivity index (χ1n) is 13.6. The molecular formula is C31H29BrN6O2. The van der Waals surface area contributed by atoms with E-state index in [2.05, 4.69) is 56.4 Å². The predicted octanol–water partition coefficient (Wildman–Crippen LogP) is 6.60. The zero-order valence-corrected chi connectivity index (χ0v) is 24.1. The van der Waals surface area contributed by atoms with Crippen molar-refractivity contribution in [1.82, 2.24) is 19.7 Å². The Morgan fingerprint density at radius 3 is 2.73 bits per heavy atom. The Morgan fingerprint density at radius 2 is 1.93 bits per heavy atom. The van der Waals surface area contributed by atoms with Crippen molar-refractivity contribution in [2.45, 2.75) is 39.8 Å². The van der Waals surface area contributed by atoms with Gasteiger partial charge in [-0.3, -0.25) is 9.48 Å². The largest absolute Gasteiger partial charge is 0.348 e. The smallest absolute Gasteiger partial charge is 0.323 e. The number of urea groups is 1. The summed E-state index contributed by atoms with van der Waals surface area (Å²) in [5.74, 6) is 0.393. The number of carbonyl (C=O) groups is 2. The van der Waals surface area contributed by atoms with Crippen LogP contribution in [0.5, 0.6) is 0 Å². The number of rotatable bonds is 4. The van der Waals surface area contributed by atoms with E-state index in [0.717, 1.165) is 68.1 Å². The standard InChI is InChI=1S/C31H29BrN6O2/c1-16(2)14-38-25-11-8-17(34-31(40)35-24-7-5-4-6-22(24)32)12-19(25)27-20-13-33-30(39)28(20)26-18(29(27)38)9-10-23-21(26)15-37(3)36-23/h4-8,11-12,15-16H,9-10,13-14H2,1-3H3,(H,33,39)(H2,34,35,40). The van der Waals surface area contributed by atoms with Crippen LogP contribution in [0.25, 0.3) is 32.9 Å². The van der Waals surface area contributed by atoms with Gasteiger partial charge in [0.25, 0.3) is 5.91 Å². The summed E-state index contributed by atoms with van der Waals surface area (Å²) in [4.78, 5) is 26.2. The van der Waals surface area contributed by atoms with Gasteiger partial charge in [0, 0.05) is 63.9 Å². The van der Waals surface area contributed by atoms with E-state index in [1.54, 1.807) is 0 Å². The van der Waals surface area contributed by atoms with Gasteiger partial charge in [-0.25, -0.2) is 4.79 Å². The van der Waals surface area contributed by atoms with Gasteiger partial charge in [0.15, 0.2) is 0 Å². The molecule has 1 aliphatic heterocycles. The SMILES string of the molecule is CC(C)Cn1c2ccc(NC(=O)Nc3ccccc3Br)cc2c2c3c(c4c(c21)CCc1nn(C)cc1-4)C(=O)NC3. The fourth-order valence-electron chi connectivity index (χ4n) is 6.40. The molecule has 202 valence electrons. The first-order valence-corrected chi connectivity index (χ1v) is 14.4. The lowest BCUT2D eigenvalue weighted by atomic mass is 9.82. The van der Waals surface area contributed by atoms with E-state index in [9.17, 15) is 9.59 Å². The van der Waals surface area contributed by atoms with Crippen molar-refractivity contribution in [2.24, 2.45) is 13.0 Å². The van der Waals surface area contributed by atoms with E-state index in [1.807, 2.05) is 54.3 Å². The number of fused-ring (bicyclic) bond motifs is 10. The molecule has 0 radical (unpaired) electrons. The third kappa shape index (κ3) is 3.83. The highest BCUT2D eigenvalue weighted by molar-refractivity contribution is 9.10. The first-order chi connectivity index (χ1) is 19.3. The minimum absolute atomic E-state index is 0.0308. The van der Waals surface area contributed by atoms with E-state index >= 15 is 0 Å². The maximum atomic E-state index is 13.3. The van der Waals surface area contributed by atoms with E-state index in [4.69, 9.17) is 5.10 Å². The molecule has 0 unspecified atom stereocenters. The van der Waals surface area contributed by atoms with Crippen LogP contribution in [0.2, 0.25) is 0 Å². The van der Waals surface area contributed by atoms with Crippen molar-refractivity contribution in [1.29, 1.82) is 0 Å². The lowest BCUT2D eigenvalue weighted by Crippen LogP contribution is -2.19. The summed E-state index contributed by atoms with van der Waals surface area (Å²) in [5.41, 5.74) is 9.83. The Morgan fingerprint density at radius 1 is 1.10 bits per heavy atom. The highest BCUT2D eigenvalue weighted by Crippen LogP contribution is 2.47. The number of hydrogen-bond acceptors (Lipinski definition) is 3. The zero-order valence-electron chi connectivity index (χ0n) is 22.6. The molecule has 9 heteroatoms. The molecule has 40 heavy (non-hydrogen) atoms. The van der Waals surface area contributed by atoms with Crippen LogP contribution in [0.1, 0.15) is 41.0 Å². The molecule has 0 saturated carbocycles. The van der Waals surface area contributed by atoms with Gasteiger partial charge in [0.2, 0.25) is 0 Å². The van der Waals surface area contributed by atoms with Gasteiger partial charge in [-0.2, -0.15) is 5.10 Å². The monoisotopic (exact) mass is 596 g/mol. The summed E-state index contributed by atoms with van der Waals surface area (Å²) < 4.78 is 5.08. The molecule has 0 fully saturated rings. The Kier molecular flexibility index (Phi) is 5.75. The Balaban J connectivity index is 1.44. The van der Waals surface area contributed by atoms with Crippen LogP contribution in [0.15, 0.2) is 53.1 Å². The summed E-state index contributed by atoms with van der Waals surface area (Å²) in [7, 11) is 1.94. The minimum Gasteiger partial charge on any atom is -0.348 e. The maximum absolute atomic E-state index is 13.3. The lowest BCUT2D eigenvalue weighted by Gasteiger charge is -2.22. The molecule has 0 atom stereocenters. The second-order valence-corrected chi connectivity index (χ2v) is 11.9. The Labute approximate surface area is 239 Å². The number of amides is 3. The normalized spacial score (nSPS) is 13.9. The molecule has 7 rings (SSSR count). The van der Waals surface area contributed by atoms with Gasteiger partial charge >= 0.3 is 6.03 Å². The molecule has 5 aromatic rings. The van der Waals surface area contributed by atoms with Crippen LogP contribution in [0.4, 0.5) is 16.2 Å². The Hall–Kier alpha value is -4.11. The van der Waals surface area contributed by atoms with Gasteiger partial charge in [0.1, 0.15) is 0 Å². The molecule has 3 heterocycles. The van der Waals surface area contributed by atoms with Crippen molar-refractivity contribution in [3.05, 3.63) is 75.5 Å². The summed E-state index contributed by atoms with van der Waals surface area (Å²) in [6, 6.07) is 13.3. The second-order valence-electron chi connectivity index (χ2n) is 11.1. The third-order valence-corrected chi connectivity index (χ3v) is 8.56. The molecule has 0 spiro atoms. The summed E-state index contributed by atoms with van der Waals surface area (Å²) in [5, 5.41) is 15.9. The number of halogens is 1. The van der Waals surface area contributed by atoms with E-state index in [-0.39, 0.29) is 11.9 Å². The van der Waals surface area contributed by atoms with Gasteiger partial charge in [-0.15, -0.1) is 0 Å². The van der Waals surface area contributed by atoms with E-state index < -0.39 is 0 Å². The van der Waals surface area contributed by atoms with Crippen LogP contribution < -0.4 is 16.0 Å². The quantitative estimate of drug-likeness (QED) is 0.218. The first kappa shape index (κ1) is 24.9. The summed E-state index contributed by atoms with van der Waals surface area (Å²) >= 11 is 3.48. The van der Waals surface area contributed by atoms with Crippen molar-refractivity contribution in [2.75, 3.05) is 10.6 Å². The van der Waals surface area contributed by atoms with Crippen LogP contribution in [-0.2, 0) is 33.0 Å². The van der Waals surface area contributed by atoms with Crippen molar-refractivity contribution < 1.29 is 9.59 Å². The van der Waals surface area contributed by atoms with Crippen molar-refractivity contribution in [3.63, 3.8) is 0 Å². The van der Waals surface area contributed by atoms with Gasteiger partial charge < -0.3 is 20.5 Å². The van der Waals surface area contributed by atoms with Gasteiger partial charge in [-0.05, 0) is 76.1 Å². The fraction of sp³-hybridized carbons (Fsp3) is 0.258. The number of benzene rings is 3. The number of carbonyl (C=O) groups excluding carboxylic acids is 2. The second kappa shape index (κ2) is 9.23. The molecule has 8 nitrogen and oxygen atoms in total. The van der Waals surface area contributed by atoms with Crippen molar-refractivity contribution >= 4 is 61.0 Å². The number of aryl methyl sites for hydroxylation is 3. The molecular weight excluding hydrogens is 568 g/mol. The van der Waals surface area contributed by atoms with Crippen LogP contribution >= 0.6 is 15.9 Å². The van der Waals surface area contributed by atoms with E-state index in [0.29, 0.717) is 23.8 Å². The average Bonchev–Trinajstić information content (AvgIpc) is 3.58. The third-order valence-electron chi connectivity index (χ3n) is 7.87. The fourth-order valence-corrected chi connectivity index (χ4v) is 6.78. The van der Waals surface area contributed by atoms with Crippen molar-refractivity contribution in [3.8, 4) is 11.1 Å². The number of nitrogens with zero attached hydrogens (tertiary/aromatic N) is 3. The number of anilines is 2.